The summed E-state index contributed by atoms with van der Waals surface area (Å²) in [4.78, 5) is 0. The lowest BCUT2D eigenvalue weighted by Crippen LogP contribution is -2.18. The Balaban J connectivity index is 2.15. The summed E-state index contributed by atoms with van der Waals surface area (Å²) in [6.07, 6.45) is 0. The summed E-state index contributed by atoms with van der Waals surface area (Å²) in [6, 6.07) is 15.7. The highest BCUT2D eigenvalue weighted by atomic mass is 31.2. The minimum Gasteiger partial charge on any atom is -0.418 e. The average Bonchev–Trinajstić information content (AvgIpc) is 2.36. The zero-order valence-electron chi connectivity index (χ0n) is 13.8. The first-order valence-electron chi connectivity index (χ1n) is 7.30. The Morgan fingerprint density at radius 3 is 1.59 bits per heavy atom. The van der Waals surface area contributed by atoms with Crippen LogP contribution in [0.15, 0.2) is 48.5 Å². The van der Waals surface area contributed by atoms with Gasteiger partial charge in [-0.1, -0.05) is 24.3 Å². The van der Waals surface area contributed by atoms with Crippen molar-refractivity contribution in [1.29, 1.82) is 0 Å². The highest BCUT2D eigenvalue weighted by Crippen LogP contribution is 2.45. The quantitative estimate of drug-likeness (QED) is 0.652. The summed E-state index contributed by atoms with van der Waals surface area (Å²) in [5, 5.41) is 0. The number of benzene rings is 2. The molecule has 0 spiro atoms. The summed E-state index contributed by atoms with van der Waals surface area (Å²) < 4.78 is 17.8. The van der Waals surface area contributed by atoms with Crippen LogP contribution in [-0.4, -0.2) is 5.60 Å². The van der Waals surface area contributed by atoms with E-state index in [4.69, 9.17) is 13.6 Å². The first-order valence-corrected chi connectivity index (χ1v) is 8.40. The molecule has 2 aromatic carbocycles. The molecule has 0 N–H and O–H groups in total. The number of hydrogen-bond donors (Lipinski definition) is 0. The topological polar surface area (TPSA) is 27.7 Å². The van der Waals surface area contributed by atoms with Gasteiger partial charge in [-0.2, -0.15) is 0 Å². The third-order valence-electron chi connectivity index (χ3n) is 2.69. The zero-order chi connectivity index (χ0) is 16.2. The Morgan fingerprint density at radius 1 is 0.773 bits per heavy atom. The average molecular weight is 318 g/mol. The molecule has 0 saturated carbocycles. The van der Waals surface area contributed by atoms with Crippen LogP contribution in [0.2, 0.25) is 0 Å². The van der Waals surface area contributed by atoms with Gasteiger partial charge in [-0.25, -0.2) is 0 Å². The lowest BCUT2D eigenvalue weighted by molar-refractivity contribution is 0.115. The van der Waals surface area contributed by atoms with Gasteiger partial charge in [-0.15, -0.1) is 0 Å². The first kappa shape index (κ1) is 16.8. The van der Waals surface area contributed by atoms with Crippen LogP contribution in [0.4, 0.5) is 0 Å². The highest BCUT2D eigenvalue weighted by molar-refractivity contribution is 7.42. The number of rotatable bonds is 5. The lowest BCUT2D eigenvalue weighted by atomic mass is 10.2. The van der Waals surface area contributed by atoms with Crippen molar-refractivity contribution in [2.24, 2.45) is 0 Å². The van der Waals surface area contributed by atoms with Crippen LogP contribution in [0, 0.1) is 13.8 Å². The molecule has 0 atom stereocenters. The normalized spacial score (nSPS) is 11.5. The number of aryl methyl sites for hydroxylation is 2. The predicted octanol–water partition coefficient (Wildman–Crippen LogP) is 5.80. The van der Waals surface area contributed by atoms with Gasteiger partial charge < -0.3 is 9.05 Å². The van der Waals surface area contributed by atoms with Crippen molar-refractivity contribution in [3.63, 3.8) is 0 Å². The molecule has 22 heavy (non-hydrogen) atoms. The van der Waals surface area contributed by atoms with E-state index in [9.17, 15) is 0 Å². The van der Waals surface area contributed by atoms with Gasteiger partial charge in [0.1, 0.15) is 11.5 Å². The van der Waals surface area contributed by atoms with Crippen molar-refractivity contribution in [3.05, 3.63) is 59.7 Å². The fraction of sp³-hybridized carbons (Fsp3) is 0.333. The lowest BCUT2D eigenvalue weighted by Gasteiger charge is -2.25. The Morgan fingerprint density at radius 2 is 1.23 bits per heavy atom. The van der Waals surface area contributed by atoms with Crippen molar-refractivity contribution in [2.45, 2.75) is 40.2 Å². The van der Waals surface area contributed by atoms with Gasteiger partial charge in [0.15, 0.2) is 0 Å². The maximum Gasteiger partial charge on any atom is 0.463 e. The molecule has 0 fully saturated rings. The van der Waals surface area contributed by atoms with E-state index < -0.39 is 8.60 Å². The molecule has 0 unspecified atom stereocenters. The molecule has 0 aliphatic rings. The molecule has 2 rings (SSSR count). The third-order valence-corrected chi connectivity index (χ3v) is 4.10. The van der Waals surface area contributed by atoms with Crippen LogP contribution >= 0.6 is 8.60 Å². The largest absolute Gasteiger partial charge is 0.463 e. The second-order valence-corrected chi connectivity index (χ2v) is 7.24. The van der Waals surface area contributed by atoms with E-state index in [0.717, 1.165) is 22.6 Å². The summed E-state index contributed by atoms with van der Waals surface area (Å²) in [5.41, 5.74) is 1.93. The maximum absolute atomic E-state index is 5.95. The monoisotopic (exact) mass is 318 g/mol. The fourth-order valence-electron chi connectivity index (χ4n) is 1.80. The second-order valence-electron chi connectivity index (χ2n) is 6.24. The van der Waals surface area contributed by atoms with E-state index in [0.29, 0.717) is 0 Å². The molecule has 0 radical (unpaired) electrons. The molecular weight excluding hydrogens is 295 g/mol. The van der Waals surface area contributed by atoms with Crippen molar-refractivity contribution in [3.8, 4) is 11.5 Å². The standard InChI is InChI=1S/C18H23O3P/c1-14-8-6-10-16(12-14)19-22(21-18(3,4)5)20-17-11-7-9-15(2)13-17/h6-13H,1-5H3. The van der Waals surface area contributed by atoms with E-state index in [1.807, 2.05) is 83.1 Å². The molecule has 0 aliphatic carbocycles. The van der Waals surface area contributed by atoms with E-state index >= 15 is 0 Å². The van der Waals surface area contributed by atoms with Crippen LogP contribution in [0.3, 0.4) is 0 Å². The van der Waals surface area contributed by atoms with Crippen LogP contribution in [0.1, 0.15) is 31.9 Å². The Kier molecular flexibility index (Phi) is 5.44. The van der Waals surface area contributed by atoms with Gasteiger partial charge >= 0.3 is 8.60 Å². The minimum absolute atomic E-state index is 0.348. The molecule has 0 amide bonds. The molecule has 0 bridgehead atoms. The minimum atomic E-state index is -1.53. The van der Waals surface area contributed by atoms with Crippen molar-refractivity contribution < 1.29 is 13.6 Å². The molecule has 0 heterocycles. The Hall–Kier alpha value is -1.57. The van der Waals surface area contributed by atoms with Crippen LogP contribution < -0.4 is 9.05 Å². The van der Waals surface area contributed by atoms with Crippen molar-refractivity contribution in [2.75, 3.05) is 0 Å². The summed E-state index contributed by atoms with van der Waals surface area (Å²) >= 11 is 0. The third kappa shape index (κ3) is 5.67. The Labute approximate surface area is 134 Å². The maximum atomic E-state index is 5.95. The number of hydrogen-bond acceptors (Lipinski definition) is 3. The van der Waals surface area contributed by atoms with E-state index in [1.54, 1.807) is 0 Å². The van der Waals surface area contributed by atoms with Gasteiger partial charge in [-0.05, 0) is 70.0 Å². The first-order chi connectivity index (χ1) is 10.3. The molecule has 4 heteroatoms. The van der Waals surface area contributed by atoms with E-state index in [2.05, 4.69) is 0 Å². The van der Waals surface area contributed by atoms with E-state index in [-0.39, 0.29) is 5.60 Å². The molecule has 0 saturated heterocycles. The van der Waals surface area contributed by atoms with Crippen molar-refractivity contribution in [1.82, 2.24) is 0 Å². The van der Waals surface area contributed by atoms with Crippen LogP contribution in [0.5, 0.6) is 11.5 Å². The van der Waals surface area contributed by atoms with Crippen LogP contribution in [0.25, 0.3) is 0 Å². The Bertz CT molecular complexity index is 572. The second kappa shape index (κ2) is 7.13. The van der Waals surface area contributed by atoms with Gasteiger partial charge in [0, 0.05) is 0 Å². The molecular formula is C18H23O3P. The van der Waals surface area contributed by atoms with Gasteiger partial charge in [0.25, 0.3) is 0 Å². The molecule has 0 aliphatic heterocycles. The predicted molar refractivity (Wildman–Crippen MR) is 91.4 cm³/mol. The van der Waals surface area contributed by atoms with Crippen LogP contribution in [-0.2, 0) is 4.52 Å². The molecule has 2 aromatic rings. The summed E-state index contributed by atoms with van der Waals surface area (Å²) in [7, 11) is -1.53. The summed E-state index contributed by atoms with van der Waals surface area (Å²) in [6.45, 7) is 10.0. The smallest absolute Gasteiger partial charge is 0.418 e. The van der Waals surface area contributed by atoms with E-state index in [1.165, 1.54) is 0 Å². The van der Waals surface area contributed by atoms with Gasteiger partial charge in [0.05, 0.1) is 5.60 Å². The van der Waals surface area contributed by atoms with Gasteiger partial charge in [-0.3, -0.25) is 4.52 Å². The highest BCUT2D eigenvalue weighted by Gasteiger charge is 2.25. The van der Waals surface area contributed by atoms with Gasteiger partial charge in [0.2, 0.25) is 0 Å². The fourth-order valence-corrected chi connectivity index (χ4v) is 2.93. The SMILES string of the molecule is Cc1cccc(OP(Oc2cccc(C)c2)OC(C)(C)C)c1. The molecule has 3 nitrogen and oxygen atoms in total. The summed E-state index contributed by atoms with van der Waals surface area (Å²) in [5.74, 6) is 1.51. The zero-order valence-corrected chi connectivity index (χ0v) is 14.7. The molecule has 0 aromatic heterocycles. The molecule has 118 valence electrons. The van der Waals surface area contributed by atoms with Crippen molar-refractivity contribution >= 4 is 8.60 Å².